The van der Waals surface area contributed by atoms with Crippen LogP contribution in [0.1, 0.15) is 73.5 Å². The fourth-order valence-corrected chi connectivity index (χ4v) is 7.22. The van der Waals surface area contributed by atoms with Gasteiger partial charge in [-0.1, -0.05) is 11.6 Å². The van der Waals surface area contributed by atoms with Gasteiger partial charge in [-0.05, 0) is 63.6 Å². The van der Waals surface area contributed by atoms with Gasteiger partial charge in [0.05, 0.1) is 0 Å². The van der Waals surface area contributed by atoms with Crippen molar-refractivity contribution in [2.75, 3.05) is 25.0 Å². The average molecular weight is 503 g/mol. The van der Waals surface area contributed by atoms with Gasteiger partial charge in [-0.25, -0.2) is 13.4 Å². The number of anilines is 1. The predicted molar refractivity (Wildman–Crippen MR) is 131 cm³/mol. The number of nitrogens with one attached hydrogen (secondary N) is 1. The molecule has 2 bridgehead atoms. The quantitative estimate of drug-likeness (QED) is 0.533. The van der Waals surface area contributed by atoms with Gasteiger partial charge in [0.15, 0.2) is 5.69 Å². The third-order valence-electron chi connectivity index (χ3n) is 7.37. The van der Waals surface area contributed by atoms with Crippen molar-refractivity contribution < 1.29 is 17.7 Å². The van der Waals surface area contributed by atoms with E-state index in [0.29, 0.717) is 31.0 Å². The molecule has 2 saturated heterocycles. The number of fused-ring (bicyclic) bond motifs is 2. The topological polar surface area (TPSA) is 135 Å². The summed E-state index contributed by atoms with van der Waals surface area (Å²) in [5, 5.41) is 7.01. The summed E-state index contributed by atoms with van der Waals surface area (Å²) < 4.78 is 34.2. The molecule has 11 heteroatoms. The van der Waals surface area contributed by atoms with Crippen LogP contribution in [0.2, 0.25) is 0 Å². The van der Waals surface area contributed by atoms with E-state index in [1.54, 1.807) is 22.5 Å². The monoisotopic (exact) mass is 502 g/mol. The number of hydrogen-bond acceptors (Lipinski definition) is 8. The summed E-state index contributed by atoms with van der Waals surface area (Å²) in [5.74, 6) is 1.64. The molecule has 0 radical (unpaired) electrons. The minimum atomic E-state index is -3.69. The number of amides is 1. The van der Waals surface area contributed by atoms with Gasteiger partial charge in [0.1, 0.15) is 16.5 Å². The minimum absolute atomic E-state index is 0.0954. The van der Waals surface area contributed by atoms with E-state index in [-0.39, 0.29) is 28.9 Å². The zero-order chi connectivity index (χ0) is 24.6. The average Bonchev–Trinajstić information content (AvgIpc) is 3.58. The molecule has 35 heavy (non-hydrogen) atoms. The first kappa shape index (κ1) is 24.2. The molecule has 0 spiro atoms. The van der Waals surface area contributed by atoms with E-state index in [0.717, 1.165) is 56.6 Å². The maximum absolute atomic E-state index is 13.6. The summed E-state index contributed by atoms with van der Waals surface area (Å²) in [6.07, 6.45) is 8.17. The van der Waals surface area contributed by atoms with E-state index in [1.807, 2.05) is 11.9 Å². The van der Waals surface area contributed by atoms with Crippen LogP contribution >= 0.6 is 0 Å². The van der Waals surface area contributed by atoms with Crippen LogP contribution in [0, 0.1) is 0 Å². The molecule has 2 aromatic rings. The van der Waals surface area contributed by atoms with Gasteiger partial charge in [0.25, 0.3) is 5.91 Å². The zero-order valence-corrected chi connectivity index (χ0v) is 20.9. The lowest BCUT2D eigenvalue weighted by Gasteiger charge is -2.47. The number of piperidine rings is 2. The second-order valence-corrected chi connectivity index (χ2v) is 11.9. The van der Waals surface area contributed by atoms with Crippen LogP contribution < -0.4 is 16.0 Å². The summed E-state index contributed by atoms with van der Waals surface area (Å²) in [7, 11) is -1.77. The molecule has 3 aliphatic rings. The molecule has 1 amide bonds. The van der Waals surface area contributed by atoms with Crippen LogP contribution in [0.3, 0.4) is 0 Å². The highest BCUT2D eigenvalue weighted by molar-refractivity contribution is 7.89. The number of carbonyl (C=O) groups excluding carboxylic acids is 1. The maximum atomic E-state index is 13.6. The molecule has 1 aliphatic carbocycles. The molecule has 190 valence electrons. The van der Waals surface area contributed by atoms with E-state index < -0.39 is 10.0 Å². The van der Waals surface area contributed by atoms with Crippen LogP contribution in [0.5, 0.6) is 0 Å². The lowest BCUT2D eigenvalue weighted by Crippen LogP contribution is -2.58. The molecule has 5 rings (SSSR count). The van der Waals surface area contributed by atoms with Gasteiger partial charge in [-0.15, -0.1) is 0 Å². The largest absolute Gasteiger partial charge is 0.360 e. The Bertz CT molecular complexity index is 1130. The number of aromatic nitrogens is 2. The molecule has 2 unspecified atom stereocenters. The van der Waals surface area contributed by atoms with Gasteiger partial charge < -0.3 is 20.5 Å². The summed E-state index contributed by atoms with van der Waals surface area (Å²) in [4.78, 5) is 19.3. The highest BCUT2D eigenvalue weighted by Gasteiger charge is 2.45. The molecule has 2 atom stereocenters. The lowest BCUT2D eigenvalue weighted by molar-refractivity contribution is 0.0790. The third-order valence-corrected chi connectivity index (χ3v) is 9.36. The highest BCUT2D eigenvalue weighted by Crippen LogP contribution is 2.40. The lowest BCUT2D eigenvalue weighted by atomic mass is 9.84. The second kappa shape index (κ2) is 9.87. The Morgan fingerprint density at radius 3 is 2.60 bits per heavy atom. The number of nitrogens with two attached hydrogens (primary N) is 1. The fraction of sp³-hybridized carbons (Fsp3) is 0.625. The summed E-state index contributed by atoms with van der Waals surface area (Å²) in [6.45, 7) is 1.35. The Kier molecular flexibility index (Phi) is 6.82. The summed E-state index contributed by atoms with van der Waals surface area (Å²) in [5.41, 5.74) is 5.88. The highest BCUT2D eigenvalue weighted by atomic mass is 32.2. The van der Waals surface area contributed by atoms with Crippen LogP contribution in [-0.2, 0) is 10.0 Å². The Hall–Kier alpha value is -2.50. The normalized spacial score (nSPS) is 24.8. The zero-order valence-electron chi connectivity index (χ0n) is 20.1. The van der Waals surface area contributed by atoms with Gasteiger partial charge in [0, 0.05) is 49.9 Å². The summed E-state index contributed by atoms with van der Waals surface area (Å²) in [6, 6.07) is 4.73. The van der Waals surface area contributed by atoms with E-state index in [9.17, 15) is 13.2 Å². The standard InChI is InChI=1S/C24H34N6O4S/c1-29(11-3-10-25)23-9-8-20(15-26-23)35(32,33)30-18-4-2-5-19(30)13-17(12-18)27-24(31)21-14-22(34-28-21)16-6-7-16/h8-9,14-19H,2-7,10-13,25H2,1H3,(H,27,31). The van der Waals surface area contributed by atoms with Gasteiger partial charge >= 0.3 is 0 Å². The third kappa shape index (κ3) is 5.07. The Labute approximate surface area is 206 Å². The maximum Gasteiger partial charge on any atom is 0.273 e. The van der Waals surface area contributed by atoms with Gasteiger partial charge in [-0.3, -0.25) is 4.79 Å². The van der Waals surface area contributed by atoms with Crippen molar-refractivity contribution in [3.05, 3.63) is 35.9 Å². The van der Waals surface area contributed by atoms with Gasteiger partial charge in [-0.2, -0.15) is 4.31 Å². The predicted octanol–water partition coefficient (Wildman–Crippen LogP) is 2.24. The van der Waals surface area contributed by atoms with Crippen LogP contribution in [-0.4, -0.2) is 67.0 Å². The van der Waals surface area contributed by atoms with Crippen molar-refractivity contribution in [2.45, 2.75) is 80.3 Å². The van der Waals surface area contributed by atoms with E-state index in [2.05, 4.69) is 15.5 Å². The van der Waals surface area contributed by atoms with Crippen LogP contribution in [0.15, 0.2) is 33.8 Å². The number of carbonyl (C=O) groups is 1. The molecule has 3 fully saturated rings. The molecule has 2 aliphatic heterocycles. The summed E-state index contributed by atoms with van der Waals surface area (Å²) >= 11 is 0. The van der Waals surface area contributed by atoms with Crippen LogP contribution in [0.25, 0.3) is 0 Å². The van der Waals surface area contributed by atoms with Crippen molar-refractivity contribution in [1.82, 2.24) is 19.8 Å². The first-order valence-electron chi connectivity index (χ1n) is 12.5. The fourth-order valence-electron chi connectivity index (χ4n) is 5.38. The molecule has 0 aromatic carbocycles. The van der Waals surface area contributed by atoms with Crippen molar-refractivity contribution in [1.29, 1.82) is 0 Å². The Morgan fingerprint density at radius 2 is 1.97 bits per heavy atom. The van der Waals surface area contributed by atoms with Gasteiger partial charge in [0.2, 0.25) is 10.0 Å². The molecule has 10 nitrogen and oxygen atoms in total. The van der Waals surface area contributed by atoms with Crippen molar-refractivity contribution >= 4 is 21.7 Å². The van der Waals surface area contributed by atoms with E-state index in [1.165, 1.54) is 6.20 Å². The first-order valence-corrected chi connectivity index (χ1v) is 14.0. The Morgan fingerprint density at radius 1 is 1.23 bits per heavy atom. The van der Waals surface area contributed by atoms with Crippen molar-refractivity contribution in [3.8, 4) is 0 Å². The molecular weight excluding hydrogens is 468 g/mol. The molecule has 4 heterocycles. The van der Waals surface area contributed by atoms with E-state index >= 15 is 0 Å². The van der Waals surface area contributed by atoms with Crippen molar-refractivity contribution in [3.63, 3.8) is 0 Å². The molecular formula is C24H34N6O4S. The SMILES string of the molecule is CN(CCCN)c1ccc(S(=O)(=O)N2C3CCCC2CC(NC(=O)c2cc(C4CC4)on2)C3)cn1. The number of sulfonamides is 1. The number of rotatable bonds is 9. The first-order chi connectivity index (χ1) is 16.9. The van der Waals surface area contributed by atoms with Crippen LogP contribution in [0.4, 0.5) is 5.82 Å². The minimum Gasteiger partial charge on any atom is -0.360 e. The van der Waals surface area contributed by atoms with E-state index in [4.69, 9.17) is 10.3 Å². The number of hydrogen-bond donors (Lipinski definition) is 2. The smallest absolute Gasteiger partial charge is 0.273 e. The number of pyridine rings is 1. The molecule has 1 saturated carbocycles. The van der Waals surface area contributed by atoms with Crippen molar-refractivity contribution in [2.24, 2.45) is 5.73 Å². The molecule has 3 N–H and O–H groups in total. The second-order valence-electron chi connectivity index (χ2n) is 10.0. The Balaban J connectivity index is 1.26. The number of nitrogens with zero attached hydrogens (tertiary/aromatic N) is 4. The molecule has 2 aromatic heterocycles.